The molecule has 0 saturated heterocycles. The number of ether oxygens (including phenoxy) is 3. The van der Waals surface area contributed by atoms with E-state index in [1.165, 1.54) is 33.1 Å². The van der Waals surface area contributed by atoms with Gasteiger partial charge in [-0.15, -0.1) is 0 Å². The van der Waals surface area contributed by atoms with Crippen molar-refractivity contribution >= 4 is 35.0 Å². The van der Waals surface area contributed by atoms with Crippen molar-refractivity contribution in [3.8, 4) is 17.2 Å². The van der Waals surface area contributed by atoms with Gasteiger partial charge in [0.2, 0.25) is 11.7 Å². The molecule has 236 valence electrons. The van der Waals surface area contributed by atoms with Crippen LogP contribution in [0.2, 0.25) is 0 Å². The van der Waals surface area contributed by atoms with Crippen molar-refractivity contribution in [2.45, 2.75) is 31.6 Å². The van der Waals surface area contributed by atoms with E-state index in [0.717, 1.165) is 22.6 Å². The number of nitrogens with one attached hydrogen (secondary N) is 1. The number of nitrogens with zero attached hydrogens (tertiary/aromatic N) is 4. The molecular weight excluding hydrogens is 590 g/mol. The topological polar surface area (TPSA) is 106 Å². The van der Waals surface area contributed by atoms with Crippen LogP contribution < -0.4 is 24.4 Å². The zero-order chi connectivity index (χ0) is 32.5. The van der Waals surface area contributed by atoms with Gasteiger partial charge in [0.1, 0.15) is 6.04 Å². The molecule has 0 spiro atoms. The quantitative estimate of drug-likeness (QED) is 0.148. The van der Waals surface area contributed by atoms with Crippen molar-refractivity contribution in [3.05, 3.63) is 95.3 Å². The maximum Gasteiger partial charge on any atom is 0.251 e. The van der Waals surface area contributed by atoms with Crippen molar-refractivity contribution in [2.24, 2.45) is 0 Å². The van der Waals surface area contributed by atoms with Crippen molar-refractivity contribution in [1.29, 1.82) is 0 Å². The zero-order valence-electron chi connectivity index (χ0n) is 26.7. The number of anilines is 2. The van der Waals surface area contributed by atoms with Crippen LogP contribution in [0, 0.1) is 13.8 Å². The first-order chi connectivity index (χ1) is 21.6. The number of aryl methyl sites for hydroxylation is 2. The van der Waals surface area contributed by atoms with Crippen molar-refractivity contribution in [2.75, 3.05) is 51.4 Å². The highest BCUT2D eigenvalue weighted by Crippen LogP contribution is 2.41. The third-order valence-corrected chi connectivity index (χ3v) is 7.85. The molecule has 1 aromatic heterocycles. The Kier molecular flexibility index (Phi) is 11.3. The van der Waals surface area contributed by atoms with E-state index >= 15 is 0 Å². The van der Waals surface area contributed by atoms with Gasteiger partial charge in [-0.25, -0.2) is 9.97 Å². The lowest BCUT2D eigenvalue weighted by Gasteiger charge is -2.32. The average Bonchev–Trinajstić information content (AvgIpc) is 3.03. The Morgan fingerprint density at radius 2 is 1.44 bits per heavy atom. The number of methoxy groups -OCH3 is 3. The van der Waals surface area contributed by atoms with E-state index in [9.17, 15) is 9.59 Å². The first kappa shape index (κ1) is 33.1. The molecule has 1 heterocycles. The summed E-state index contributed by atoms with van der Waals surface area (Å²) in [4.78, 5) is 41.0. The number of carbonyl (C=O) groups is 2. The SMILES string of the molecule is COc1cc([C@H](C(=O)Nc2ccc(N(C)C)cc2)N(Cc2ccccc2)C(=O)CSc2nc(C)cc(C)n2)cc(OC)c1OC. The average molecular weight is 630 g/mol. The smallest absolute Gasteiger partial charge is 0.251 e. The first-order valence-corrected chi connectivity index (χ1v) is 15.3. The Morgan fingerprint density at radius 3 is 1.98 bits per heavy atom. The van der Waals surface area contributed by atoms with E-state index < -0.39 is 11.9 Å². The third-order valence-electron chi connectivity index (χ3n) is 7.02. The van der Waals surface area contributed by atoms with E-state index in [-0.39, 0.29) is 18.2 Å². The lowest BCUT2D eigenvalue weighted by molar-refractivity contribution is -0.137. The Balaban J connectivity index is 1.80. The van der Waals surface area contributed by atoms with Crippen LogP contribution >= 0.6 is 11.8 Å². The van der Waals surface area contributed by atoms with Crippen LogP contribution in [-0.2, 0) is 16.1 Å². The highest BCUT2D eigenvalue weighted by molar-refractivity contribution is 7.99. The van der Waals surface area contributed by atoms with E-state index in [4.69, 9.17) is 14.2 Å². The molecule has 0 fully saturated rings. The van der Waals surface area contributed by atoms with E-state index in [1.54, 1.807) is 17.0 Å². The lowest BCUT2D eigenvalue weighted by Crippen LogP contribution is -2.42. The molecule has 11 heteroatoms. The van der Waals surface area contributed by atoms with Gasteiger partial charge < -0.3 is 29.3 Å². The number of thioether (sulfide) groups is 1. The Bertz CT molecular complexity index is 1570. The highest BCUT2D eigenvalue weighted by atomic mass is 32.2. The maximum atomic E-state index is 14.3. The Hall–Kier alpha value is -4.77. The van der Waals surface area contributed by atoms with E-state index in [2.05, 4.69) is 15.3 Å². The molecular formula is C34H39N5O5S. The number of hydrogen-bond acceptors (Lipinski definition) is 9. The summed E-state index contributed by atoms with van der Waals surface area (Å²) < 4.78 is 16.8. The van der Waals surface area contributed by atoms with Crippen LogP contribution in [0.5, 0.6) is 17.2 Å². The van der Waals surface area contributed by atoms with Crippen molar-refractivity contribution in [3.63, 3.8) is 0 Å². The van der Waals surface area contributed by atoms with Crippen LogP contribution in [0.3, 0.4) is 0 Å². The highest BCUT2D eigenvalue weighted by Gasteiger charge is 2.34. The molecule has 0 aliphatic heterocycles. The summed E-state index contributed by atoms with van der Waals surface area (Å²) in [5, 5.41) is 3.52. The number of hydrogen-bond donors (Lipinski definition) is 1. The molecule has 4 rings (SSSR count). The first-order valence-electron chi connectivity index (χ1n) is 14.3. The summed E-state index contributed by atoms with van der Waals surface area (Å²) in [6.07, 6.45) is 0. The predicted octanol–water partition coefficient (Wildman–Crippen LogP) is 5.69. The second-order valence-electron chi connectivity index (χ2n) is 10.5. The molecule has 0 unspecified atom stereocenters. The number of carbonyl (C=O) groups excluding carboxylic acids is 2. The minimum atomic E-state index is -1.07. The van der Waals surface area contributed by atoms with Crippen LogP contribution in [0.1, 0.15) is 28.6 Å². The molecule has 0 aliphatic rings. The number of amides is 2. The minimum absolute atomic E-state index is 0.0153. The maximum absolute atomic E-state index is 14.3. The van der Waals surface area contributed by atoms with Crippen LogP contribution in [0.4, 0.5) is 11.4 Å². The van der Waals surface area contributed by atoms with E-state index in [1.807, 2.05) is 93.5 Å². The molecule has 45 heavy (non-hydrogen) atoms. The summed E-state index contributed by atoms with van der Waals surface area (Å²) >= 11 is 1.23. The number of rotatable bonds is 13. The van der Waals surface area contributed by atoms with Gasteiger partial charge in [-0.3, -0.25) is 9.59 Å². The molecule has 4 aromatic rings. The van der Waals surface area contributed by atoms with Crippen molar-refractivity contribution in [1.82, 2.24) is 14.9 Å². The molecule has 1 N–H and O–H groups in total. The standard InChI is InChI=1S/C34H39N5O5S/c1-22-17-23(2)36-34(35-22)45-21-30(40)39(20-24-11-9-8-10-12-24)31(25-18-28(42-5)32(44-7)29(19-25)43-6)33(41)37-26-13-15-27(16-14-26)38(3)4/h8-19,31H,20-21H2,1-7H3,(H,37,41)/t31-/m1/s1. The van der Waals surface area contributed by atoms with Crippen LogP contribution in [-0.4, -0.2) is 67.9 Å². The number of benzene rings is 3. The second kappa shape index (κ2) is 15.3. The fraction of sp³-hybridized carbons (Fsp3) is 0.294. The van der Waals surface area contributed by atoms with Gasteiger partial charge in [0.15, 0.2) is 16.7 Å². The summed E-state index contributed by atoms with van der Waals surface area (Å²) in [6, 6.07) is 21.2. The molecule has 3 aromatic carbocycles. The van der Waals surface area contributed by atoms with Gasteiger partial charge in [-0.2, -0.15) is 0 Å². The van der Waals surface area contributed by atoms with Gasteiger partial charge in [-0.05, 0) is 67.4 Å². The Labute approximate surface area is 268 Å². The van der Waals surface area contributed by atoms with Gasteiger partial charge in [0, 0.05) is 43.4 Å². The molecule has 2 amide bonds. The predicted molar refractivity (Wildman–Crippen MR) is 177 cm³/mol. The third kappa shape index (κ3) is 8.45. The molecule has 0 aliphatic carbocycles. The van der Waals surface area contributed by atoms with Gasteiger partial charge >= 0.3 is 0 Å². The van der Waals surface area contributed by atoms with Gasteiger partial charge in [0.05, 0.1) is 27.1 Å². The molecule has 10 nitrogen and oxygen atoms in total. The fourth-order valence-electron chi connectivity index (χ4n) is 4.86. The lowest BCUT2D eigenvalue weighted by atomic mass is 10.0. The van der Waals surface area contributed by atoms with Gasteiger partial charge in [0.25, 0.3) is 5.91 Å². The largest absolute Gasteiger partial charge is 0.493 e. The minimum Gasteiger partial charge on any atom is -0.493 e. The number of aromatic nitrogens is 2. The zero-order valence-corrected chi connectivity index (χ0v) is 27.5. The molecule has 0 saturated carbocycles. The van der Waals surface area contributed by atoms with E-state index in [0.29, 0.717) is 33.7 Å². The summed E-state index contributed by atoms with van der Waals surface area (Å²) in [7, 11) is 8.43. The molecule has 1 atom stereocenters. The normalized spacial score (nSPS) is 11.4. The van der Waals surface area contributed by atoms with Crippen LogP contribution in [0.15, 0.2) is 78.0 Å². The molecule has 0 radical (unpaired) electrons. The molecule has 0 bridgehead atoms. The van der Waals surface area contributed by atoms with Crippen LogP contribution in [0.25, 0.3) is 0 Å². The summed E-state index contributed by atoms with van der Waals surface area (Å²) in [6.45, 7) is 3.94. The second-order valence-corrected chi connectivity index (χ2v) is 11.5. The fourth-order valence-corrected chi connectivity index (χ4v) is 5.69. The Morgan fingerprint density at radius 1 is 0.844 bits per heavy atom. The van der Waals surface area contributed by atoms with Gasteiger partial charge in [-0.1, -0.05) is 42.1 Å². The van der Waals surface area contributed by atoms with Crippen molar-refractivity contribution < 1.29 is 23.8 Å². The monoisotopic (exact) mass is 629 g/mol. The summed E-state index contributed by atoms with van der Waals surface area (Å²) in [5.41, 5.74) is 4.55. The summed E-state index contributed by atoms with van der Waals surface area (Å²) in [5.74, 6) is 0.449.